The minimum absolute atomic E-state index is 0.221. The first-order valence-electron chi connectivity index (χ1n) is 8.24. The molecule has 1 aliphatic rings. The van der Waals surface area contributed by atoms with Crippen LogP contribution in [0.1, 0.15) is 44.6 Å². The second-order valence-electron chi connectivity index (χ2n) is 6.13. The van der Waals surface area contributed by atoms with E-state index in [2.05, 4.69) is 5.32 Å². The predicted molar refractivity (Wildman–Crippen MR) is 89.5 cm³/mol. The summed E-state index contributed by atoms with van der Waals surface area (Å²) in [6.45, 7) is 1.75. The quantitative estimate of drug-likeness (QED) is 0.800. The van der Waals surface area contributed by atoms with Crippen molar-refractivity contribution in [3.63, 3.8) is 0 Å². The number of carbonyl (C=O) groups excluding carboxylic acids is 1. The molecule has 0 aromatic heterocycles. The summed E-state index contributed by atoms with van der Waals surface area (Å²) in [5, 5.41) is 11.9. The van der Waals surface area contributed by atoms with Gasteiger partial charge in [-0.2, -0.15) is 0 Å². The molecule has 1 fully saturated rings. The highest BCUT2D eigenvalue weighted by molar-refractivity contribution is 5.92. The van der Waals surface area contributed by atoms with Gasteiger partial charge in [-0.25, -0.2) is 4.79 Å². The Morgan fingerprint density at radius 2 is 1.83 bits per heavy atom. The highest BCUT2D eigenvalue weighted by atomic mass is 16.5. The molecule has 0 aliphatic heterocycles. The molecule has 1 atom stereocenters. The van der Waals surface area contributed by atoms with Gasteiger partial charge in [-0.3, -0.25) is 4.79 Å². The summed E-state index contributed by atoms with van der Waals surface area (Å²) >= 11 is 0. The lowest BCUT2D eigenvalue weighted by atomic mass is 9.77. The zero-order valence-corrected chi connectivity index (χ0v) is 14.4. The number of aliphatic carboxylic acids is 1. The average Bonchev–Trinajstić information content (AvgIpc) is 3.09. The third kappa shape index (κ3) is 3.32. The fraction of sp³-hybridized carbons (Fsp3) is 0.556. The smallest absolute Gasteiger partial charge is 0.326 e. The highest BCUT2D eigenvalue weighted by Gasteiger charge is 2.44. The zero-order chi connectivity index (χ0) is 17.7. The number of rotatable bonds is 7. The summed E-state index contributed by atoms with van der Waals surface area (Å²) < 4.78 is 10.6. The van der Waals surface area contributed by atoms with Crippen LogP contribution in [0.15, 0.2) is 18.2 Å². The Labute approximate surface area is 142 Å². The van der Waals surface area contributed by atoms with E-state index in [1.165, 1.54) is 0 Å². The standard InChI is InChI=1S/C18H25NO5/c1-4-13(16(20)21)19-17(22)18(9-5-6-10-18)12-7-8-14(23-2)15(11-12)24-3/h7-8,11,13H,4-6,9-10H2,1-3H3,(H,19,22)(H,20,21). The van der Waals surface area contributed by atoms with Crippen LogP contribution in [-0.2, 0) is 15.0 Å². The van der Waals surface area contributed by atoms with Gasteiger partial charge in [0, 0.05) is 0 Å². The first-order chi connectivity index (χ1) is 11.5. The molecule has 0 heterocycles. The van der Waals surface area contributed by atoms with Crippen LogP contribution in [0.5, 0.6) is 11.5 Å². The third-order valence-corrected chi connectivity index (χ3v) is 4.84. The van der Waals surface area contributed by atoms with Crippen LogP contribution in [0.3, 0.4) is 0 Å². The molecule has 1 aromatic rings. The Kier molecular flexibility index (Phi) is 5.70. The lowest BCUT2D eigenvalue weighted by Crippen LogP contribution is -2.49. The Balaban J connectivity index is 2.37. The number of hydrogen-bond donors (Lipinski definition) is 2. The molecule has 0 bridgehead atoms. The first kappa shape index (κ1) is 18.1. The molecule has 1 aliphatic carbocycles. The largest absolute Gasteiger partial charge is 0.493 e. The molecule has 6 heteroatoms. The number of amides is 1. The number of methoxy groups -OCH3 is 2. The van der Waals surface area contributed by atoms with Crippen LogP contribution >= 0.6 is 0 Å². The fourth-order valence-corrected chi connectivity index (χ4v) is 3.39. The maximum absolute atomic E-state index is 12.9. The molecule has 6 nitrogen and oxygen atoms in total. The first-order valence-corrected chi connectivity index (χ1v) is 8.24. The molecule has 0 radical (unpaired) electrons. The van der Waals surface area contributed by atoms with Gasteiger partial charge in [0.15, 0.2) is 11.5 Å². The van der Waals surface area contributed by atoms with Crippen LogP contribution < -0.4 is 14.8 Å². The Morgan fingerprint density at radius 3 is 2.33 bits per heavy atom. The van der Waals surface area contributed by atoms with E-state index in [-0.39, 0.29) is 5.91 Å². The van der Waals surface area contributed by atoms with Crippen molar-refractivity contribution >= 4 is 11.9 Å². The normalized spacial score (nSPS) is 17.1. The van der Waals surface area contributed by atoms with E-state index in [1.54, 1.807) is 27.2 Å². The number of ether oxygens (including phenoxy) is 2. The van der Waals surface area contributed by atoms with Crippen molar-refractivity contribution in [2.45, 2.75) is 50.5 Å². The van der Waals surface area contributed by atoms with Gasteiger partial charge in [0.05, 0.1) is 19.6 Å². The average molecular weight is 335 g/mol. The van der Waals surface area contributed by atoms with Gasteiger partial charge in [-0.1, -0.05) is 25.8 Å². The molecule has 2 rings (SSSR count). The lowest BCUT2D eigenvalue weighted by Gasteiger charge is -2.30. The van der Waals surface area contributed by atoms with Crippen LogP contribution in [-0.4, -0.2) is 37.2 Å². The van der Waals surface area contributed by atoms with Crippen molar-refractivity contribution in [2.24, 2.45) is 0 Å². The molecule has 0 saturated heterocycles. The zero-order valence-electron chi connectivity index (χ0n) is 14.4. The van der Waals surface area contributed by atoms with Gasteiger partial charge in [-0.05, 0) is 37.0 Å². The molecule has 1 unspecified atom stereocenters. The second kappa shape index (κ2) is 7.55. The highest BCUT2D eigenvalue weighted by Crippen LogP contribution is 2.44. The van der Waals surface area contributed by atoms with E-state index < -0.39 is 17.4 Å². The maximum Gasteiger partial charge on any atom is 0.326 e. The maximum atomic E-state index is 12.9. The lowest BCUT2D eigenvalue weighted by molar-refractivity contribution is -0.142. The summed E-state index contributed by atoms with van der Waals surface area (Å²) in [6.07, 6.45) is 3.62. The van der Waals surface area contributed by atoms with Crippen molar-refractivity contribution in [3.8, 4) is 11.5 Å². The number of hydrogen-bond acceptors (Lipinski definition) is 4. The van der Waals surface area contributed by atoms with E-state index >= 15 is 0 Å². The number of carbonyl (C=O) groups is 2. The van der Waals surface area contributed by atoms with Crippen LogP contribution in [0.2, 0.25) is 0 Å². The van der Waals surface area contributed by atoms with Gasteiger partial charge >= 0.3 is 5.97 Å². The fourth-order valence-electron chi connectivity index (χ4n) is 3.39. The van der Waals surface area contributed by atoms with Crippen molar-refractivity contribution in [1.29, 1.82) is 0 Å². The Morgan fingerprint density at radius 1 is 1.21 bits per heavy atom. The molecule has 0 spiro atoms. The number of carboxylic acid groups (broad SMARTS) is 1. The summed E-state index contributed by atoms with van der Waals surface area (Å²) in [5.74, 6) is -0.0566. The summed E-state index contributed by atoms with van der Waals surface area (Å²) in [6, 6.07) is 4.62. The number of carboxylic acids is 1. The van der Waals surface area contributed by atoms with E-state index in [0.29, 0.717) is 30.8 Å². The molecule has 1 amide bonds. The predicted octanol–water partition coefficient (Wildman–Crippen LogP) is 2.50. The monoisotopic (exact) mass is 335 g/mol. The minimum Gasteiger partial charge on any atom is -0.493 e. The molecular formula is C18H25NO5. The molecule has 24 heavy (non-hydrogen) atoms. The van der Waals surface area contributed by atoms with Crippen molar-refractivity contribution < 1.29 is 24.2 Å². The third-order valence-electron chi connectivity index (χ3n) is 4.84. The number of benzene rings is 1. The van der Waals surface area contributed by atoms with E-state index in [1.807, 2.05) is 12.1 Å². The summed E-state index contributed by atoms with van der Waals surface area (Å²) in [5.41, 5.74) is 0.137. The topological polar surface area (TPSA) is 84.9 Å². The van der Waals surface area contributed by atoms with E-state index in [0.717, 1.165) is 18.4 Å². The summed E-state index contributed by atoms with van der Waals surface area (Å²) in [7, 11) is 3.12. The molecule has 132 valence electrons. The Hall–Kier alpha value is -2.24. The van der Waals surface area contributed by atoms with E-state index in [4.69, 9.17) is 9.47 Å². The second-order valence-corrected chi connectivity index (χ2v) is 6.13. The molecule has 1 aromatic carbocycles. The Bertz CT molecular complexity index is 607. The van der Waals surface area contributed by atoms with Crippen LogP contribution in [0.25, 0.3) is 0 Å². The molecule has 1 saturated carbocycles. The van der Waals surface area contributed by atoms with Crippen molar-refractivity contribution in [3.05, 3.63) is 23.8 Å². The number of nitrogens with one attached hydrogen (secondary N) is 1. The van der Waals surface area contributed by atoms with Gasteiger partial charge in [0.1, 0.15) is 6.04 Å². The molecule has 2 N–H and O–H groups in total. The minimum atomic E-state index is -1.01. The van der Waals surface area contributed by atoms with Crippen molar-refractivity contribution in [1.82, 2.24) is 5.32 Å². The van der Waals surface area contributed by atoms with E-state index in [9.17, 15) is 14.7 Å². The van der Waals surface area contributed by atoms with Gasteiger partial charge in [0.25, 0.3) is 0 Å². The van der Waals surface area contributed by atoms with Gasteiger partial charge in [-0.15, -0.1) is 0 Å². The van der Waals surface area contributed by atoms with Crippen LogP contribution in [0, 0.1) is 0 Å². The van der Waals surface area contributed by atoms with Gasteiger partial charge < -0.3 is 19.9 Å². The van der Waals surface area contributed by atoms with Crippen molar-refractivity contribution in [2.75, 3.05) is 14.2 Å². The van der Waals surface area contributed by atoms with Crippen LogP contribution in [0.4, 0.5) is 0 Å². The SMILES string of the molecule is CCC(NC(=O)C1(c2ccc(OC)c(OC)c2)CCCC1)C(=O)O. The molecular weight excluding hydrogens is 310 g/mol. The summed E-state index contributed by atoms with van der Waals surface area (Å²) in [4.78, 5) is 24.2. The van der Waals surface area contributed by atoms with Gasteiger partial charge in [0.2, 0.25) is 5.91 Å².